The molecule has 2 aromatic heterocycles. The van der Waals surface area contributed by atoms with Gasteiger partial charge in [-0.3, -0.25) is 4.79 Å². The minimum absolute atomic E-state index is 0.0200. The number of carbonyl (C=O) groups excluding carboxylic acids is 1. The van der Waals surface area contributed by atoms with Crippen LogP contribution in [0.25, 0.3) is 10.6 Å². The second kappa shape index (κ2) is 6.07. The zero-order valence-corrected chi connectivity index (χ0v) is 14.4. The van der Waals surface area contributed by atoms with Crippen molar-refractivity contribution in [3.05, 3.63) is 64.1 Å². The highest BCUT2D eigenvalue weighted by Crippen LogP contribution is 2.48. The van der Waals surface area contributed by atoms with Crippen LogP contribution in [-0.4, -0.2) is 11.1 Å². The topological polar surface area (TPSA) is 55.1 Å². The van der Waals surface area contributed by atoms with Gasteiger partial charge in [0.25, 0.3) is 0 Å². The van der Waals surface area contributed by atoms with Gasteiger partial charge < -0.3 is 9.84 Å². The minimum Gasteiger partial charge on any atom is -0.355 e. The summed E-state index contributed by atoms with van der Waals surface area (Å²) < 4.78 is 5.43. The van der Waals surface area contributed by atoms with E-state index >= 15 is 0 Å². The Bertz CT molecular complexity index is 869. The molecule has 0 radical (unpaired) electrons. The number of benzene rings is 1. The van der Waals surface area contributed by atoms with E-state index in [1.807, 2.05) is 47.8 Å². The van der Waals surface area contributed by atoms with Crippen LogP contribution in [0.1, 0.15) is 24.1 Å². The molecular weight excluding hydrogens is 344 g/mol. The van der Waals surface area contributed by atoms with Crippen molar-refractivity contribution in [2.24, 2.45) is 0 Å². The number of rotatable bonds is 5. The highest BCUT2D eigenvalue weighted by Gasteiger charge is 2.53. The normalized spacial score (nSPS) is 15.2. The molecule has 4 rings (SSSR count). The van der Waals surface area contributed by atoms with Crippen LogP contribution in [0.5, 0.6) is 0 Å². The lowest BCUT2D eigenvalue weighted by molar-refractivity contribution is -0.123. The molecule has 2 heterocycles. The number of amides is 1. The molecule has 3 aromatic rings. The molecule has 24 heavy (non-hydrogen) atoms. The SMILES string of the molecule is O=C(NCc1ccccc1Cl)C1(c2cc(-c3cccs3)on2)CC1. The maximum atomic E-state index is 12.7. The molecule has 1 fully saturated rings. The number of carbonyl (C=O) groups is 1. The molecule has 1 amide bonds. The van der Waals surface area contributed by atoms with Crippen LogP contribution in [0.3, 0.4) is 0 Å². The Balaban J connectivity index is 1.49. The van der Waals surface area contributed by atoms with Crippen molar-refractivity contribution in [2.75, 3.05) is 0 Å². The zero-order chi connectivity index (χ0) is 16.6. The Hall–Kier alpha value is -2.11. The van der Waals surface area contributed by atoms with Gasteiger partial charge in [0.05, 0.1) is 16.0 Å². The lowest BCUT2D eigenvalue weighted by atomic mass is 10.0. The average Bonchev–Trinajstić information content (AvgIpc) is 3.02. The number of hydrogen-bond acceptors (Lipinski definition) is 4. The number of thiophene rings is 1. The fraction of sp³-hybridized carbons (Fsp3) is 0.222. The largest absolute Gasteiger partial charge is 0.355 e. The van der Waals surface area contributed by atoms with Crippen molar-refractivity contribution < 1.29 is 9.32 Å². The first kappa shape index (κ1) is 15.4. The van der Waals surface area contributed by atoms with E-state index in [0.717, 1.165) is 23.3 Å². The van der Waals surface area contributed by atoms with Crippen molar-refractivity contribution >= 4 is 28.8 Å². The van der Waals surface area contributed by atoms with Crippen LogP contribution in [0.15, 0.2) is 52.4 Å². The molecule has 1 aliphatic rings. The first-order valence-electron chi connectivity index (χ1n) is 7.72. The van der Waals surface area contributed by atoms with Gasteiger partial charge in [-0.1, -0.05) is 41.0 Å². The predicted molar refractivity (Wildman–Crippen MR) is 94.0 cm³/mol. The third kappa shape index (κ3) is 2.74. The van der Waals surface area contributed by atoms with Gasteiger partial charge in [0.2, 0.25) is 5.91 Å². The van der Waals surface area contributed by atoms with E-state index in [4.69, 9.17) is 16.1 Å². The van der Waals surface area contributed by atoms with E-state index in [0.29, 0.717) is 23.0 Å². The minimum atomic E-state index is -0.555. The first-order chi connectivity index (χ1) is 11.7. The van der Waals surface area contributed by atoms with Gasteiger partial charge in [0.1, 0.15) is 0 Å². The van der Waals surface area contributed by atoms with Crippen LogP contribution in [0, 0.1) is 0 Å². The summed E-state index contributed by atoms with van der Waals surface area (Å²) in [5.74, 6) is 0.693. The van der Waals surface area contributed by atoms with Gasteiger partial charge >= 0.3 is 0 Å². The maximum absolute atomic E-state index is 12.7. The Morgan fingerprint density at radius 2 is 2.12 bits per heavy atom. The molecule has 0 spiro atoms. The quantitative estimate of drug-likeness (QED) is 0.735. The Morgan fingerprint density at radius 1 is 1.29 bits per heavy atom. The maximum Gasteiger partial charge on any atom is 0.232 e. The lowest BCUT2D eigenvalue weighted by Gasteiger charge is -2.13. The molecule has 1 aromatic carbocycles. The molecular formula is C18H15ClN2O2S. The predicted octanol–water partition coefficient (Wildman–Crippen LogP) is 4.40. The highest BCUT2D eigenvalue weighted by molar-refractivity contribution is 7.13. The summed E-state index contributed by atoms with van der Waals surface area (Å²) in [6.45, 7) is 0.413. The van der Waals surface area contributed by atoms with Gasteiger partial charge in [-0.15, -0.1) is 11.3 Å². The summed E-state index contributed by atoms with van der Waals surface area (Å²) in [7, 11) is 0. The van der Waals surface area contributed by atoms with Crippen LogP contribution in [-0.2, 0) is 16.8 Å². The molecule has 0 bridgehead atoms. The number of halogens is 1. The summed E-state index contributed by atoms with van der Waals surface area (Å²) in [4.78, 5) is 13.7. The monoisotopic (exact) mass is 358 g/mol. The van der Waals surface area contributed by atoms with E-state index in [2.05, 4.69) is 10.5 Å². The van der Waals surface area contributed by atoms with Crippen molar-refractivity contribution in [1.29, 1.82) is 0 Å². The van der Waals surface area contributed by atoms with Crippen molar-refractivity contribution in [2.45, 2.75) is 24.8 Å². The van der Waals surface area contributed by atoms with E-state index in [-0.39, 0.29) is 5.91 Å². The average molecular weight is 359 g/mol. The summed E-state index contributed by atoms with van der Waals surface area (Å²) in [5, 5.41) is 9.77. The van der Waals surface area contributed by atoms with Crippen LogP contribution < -0.4 is 5.32 Å². The molecule has 0 aliphatic heterocycles. The highest BCUT2D eigenvalue weighted by atomic mass is 35.5. The Kier molecular flexibility index (Phi) is 3.90. The molecule has 0 unspecified atom stereocenters. The molecule has 4 nitrogen and oxygen atoms in total. The van der Waals surface area contributed by atoms with Crippen LogP contribution in [0.2, 0.25) is 5.02 Å². The second-order valence-electron chi connectivity index (χ2n) is 5.91. The summed E-state index contributed by atoms with van der Waals surface area (Å²) in [5.41, 5.74) is 1.06. The van der Waals surface area contributed by atoms with Crippen LogP contribution >= 0.6 is 22.9 Å². The van der Waals surface area contributed by atoms with Gasteiger partial charge in [0.15, 0.2) is 5.76 Å². The van der Waals surface area contributed by atoms with Crippen LogP contribution in [0.4, 0.5) is 0 Å². The Morgan fingerprint density at radius 3 is 2.83 bits per heavy atom. The lowest BCUT2D eigenvalue weighted by Crippen LogP contribution is -2.34. The summed E-state index contributed by atoms with van der Waals surface area (Å²) >= 11 is 7.73. The Labute approximate surface area is 148 Å². The molecule has 0 atom stereocenters. The smallest absolute Gasteiger partial charge is 0.232 e. The third-order valence-corrected chi connectivity index (χ3v) is 5.60. The number of nitrogens with zero attached hydrogens (tertiary/aromatic N) is 1. The van der Waals surface area contributed by atoms with E-state index in [9.17, 15) is 4.79 Å². The summed E-state index contributed by atoms with van der Waals surface area (Å²) in [6, 6.07) is 13.3. The number of hydrogen-bond donors (Lipinski definition) is 1. The van der Waals surface area contributed by atoms with E-state index in [1.54, 1.807) is 11.3 Å². The van der Waals surface area contributed by atoms with Gasteiger partial charge in [-0.2, -0.15) is 0 Å². The van der Waals surface area contributed by atoms with Gasteiger partial charge in [-0.25, -0.2) is 0 Å². The first-order valence-corrected chi connectivity index (χ1v) is 8.98. The molecule has 122 valence electrons. The number of aromatic nitrogens is 1. The van der Waals surface area contributed by atoms with Crippen molar-refractivity contribution in [3.8, 4) is 10.6 Å². The second-order valence-corrected chi connectivity index (χ2v) is 7.26. The zero-order valence-electron chi connectivity index (χ0n) is 12.8. The van der Waals surface area contributed by atoms with E-state index < -0.39 is 5.41 Å². The van der Waals surface area contributed by atoms with Gasteiger partial charge in [-0.05, 0) is 35.9 Å². The molecule has 1 saturated carbocycles. The van der Waals surface area contributed by atoms with E-state index in [1.165, 1.54) is 0 Å². The molecule has 1 N–H and O–H groups in total. The summed E-state index contributed by atoms with van der Waals surface area (Å²) in [6.07, 6.45) is 1.58. The van der Waals surface area contributed by atoms with Crippen molar-refractivity contribution in [1.82, 2.24) is 10.5 Å². The fourth-order valence-corrected chi connectivity index (χ4v) is 3.62. The molecule has 0 saturated heterocycles. The standard InChI is InChI=1S/C18H15ClN2O2S/c19-13-5-2-1-4-12(13)11-20-17(22)18(7-8-18)16-10-14(23-21-16)15-6-3-9-24-15/h1-6,9-10H,7-8,11H2,(H,20,22). The fourth-order valence-electron chi connectivity index (χ4n) is 2.75. The molecule has 6 heteroatoms. The van der Waals surface area contributed by atoms with Crippen molar-refractivity contribution in [3.63, 3.8) is 0 Å². The van der Waals surface area contributed by atoms with Gasteiger partial charge in [0, 0.05) is 17.6 Å². The number of nitrogens with one attached hydrogen (secondary N) is 1. The molecule has 1 aliphatic carbocycles. The third-order valence-electron chi connectivity index (χ3n) is 4.35.